The number of nitriles is 1. The van der Waals surface area contributed by atoms with Crippen LogP contribution in [-0.4, -0.2) is 89.2 Å². The fourth-order valence-electron chi connectivity index (χ4n) is 6.81. The molecule has 3 heterocycles. The van der Waals surface area contributed by atoms with Gasteiger partial charge < -0.3 is 29.4 Å². The van der Waals surface area contributed by atoms with Crippen LogP contribution in [0.4, 0.5) is 33.3 Å². The van der Waals surface area contributed by atoms with Gasteiger partial charge in [-0.2, -0.15) is 18.4 Å². The minimum atomic E-state index is -5.19. The Labute approximate surface area is 360 Å². The summed E-state index contributed by atoms with van der Waals surface area (Å²) in [5.41, 5.74) is -4.15. The first-order valence-corrected chi connectivity index (χ1v) is 19.2. The number of nitrogens with one attached hydrogen (secondary N) is 2. The Bertz CT molecular complexity index is 2600. The molecule has 1 fully saturated rings. The number of piperidine rings is 1. The monoisotopic (exact) mass is 891 g/mol. The summed E-state index contributed by atoms with van der Waals surface area (Å²) in [6, 6.07) is 13.0. The first-order valence-electron chi connectivity index (χ1n) is 18.8. The van der Waals surface area contributed by atoms with E-state index in [-0.39, 0.29) is 65.1 Å². The minimum Gasteiger partial charge on any atom is -0.489 e. The number of amides is 5. The summed E-state index contributed by atoms with van der Waals surface area (Å²) in [6.45, 7) is 2.08. The molecule has 4 aromatic rings. The third kappa shape index (κ3) is 9.16. The van der Waals surface area contributed by atoms with Gasteiger partial charge in [-0.3, -0.25) is 39.2 Å². The topological polar surface area (TPSA) is 191 Å². The van der Waals surface area contributed by atoms with Crippen LogP contribution in [0.25, 0.3) is 11.3 Å². The Balaban J connectivity index is 1.05. The Morgan fingerprint density at radius 1 is 1.05 bits per heavy atom. The highest BCUT2D eigenvalue weighted by atomic mass is 32.1. The molecule has 2 aliphatic heterocycles. The lowest BCUT2D eigenvalue weighted by atomic mass is 10.0. The zero-order valence-electron chi connectivity index (χ0n) is 33.3. The highest BCUT2D eigenvalue weighted by molar-refractivity contribution is 7.80. The van der Waals surface area contributed by atoms with Gasteiger partial charge in [-0.15, -0.1) is 0 Å². The smallest absolute Gasteiger partial charge is 0.420 e. The molecule has 326 valence electrons. The van der Waals surface area contributed by atoms with Crippen LogP contribution in [0.3, 0.4) is 0 Å². The number of hydrogen-bond acceptors (Lipinski definition) is 11. The van der Waals surface area contributed by atoms with Crippen molar-refractivity contribution in [1.82, 2.24) is 20.5 Å². The molecule has 0 spiro atoms. The molecule has 1 saturated heterocycles. The average Bonchev–Trinajstić information content (AvgIpc) is 3.50. The van der Waals surface area contributed by atoms with Crippen LogP contribution in [0.15, 0.2) is 66.9 Å². The van der Waals surface area contributed by atoms with E-state index in [1.54, 1.807) is 0 Å². The van der Waals surface area contributed by atoms with Gasteiger partial charge in [0.05, 0.1) is 58.1 Å². The third-order valence-corrected chi connectivity index (χ3v) is 10.4. The average molecular weight is 892 g/mol. The quantitative estimate of drug-likeness (QED) is 0.0594. The number of hydrogen-bond donors (Lipinski definition) is 2. The first kappa shape index (κ1) is 45.2. The van der Waals surface area contributed by atoms with E-state index in [0.29, 0.717) is 11.8 Å². The number of carbonyl (C=O) groups is 6. The van der Waals surface area contributed by atoms with Crippen LogP contribution >= 0.6 is 12.2 Å². The molecule has 5 amide bonds. The number of halogens is 5. The van der Waals surface area contributed by atoms with Gasteiger partial charge in [-0.25, -0.2) is 8.78 Å². The normalized spacial score (nSPS) is 15.0. The minimum absolute atomic E-state index is 0.0260. The fraction of sp³-hybridized carbons (Fsp3) is 0.262. The summed E-state index contributed by atoms with van der Waals surface area (Å²) in [6.07, 6.45) is -3.47. The van der Waals surface area contributed by atoms with Crippen molar-refractivity contribution in [3.63, 3.8) is 0 Å². The SMILES string of the molecule is CN(C(=S)N(c1ccc(-c2ccc(OCCNC(=O)COc3cccc4c3C(=O)N(C3CCC(=O)NC3=O)C4=O)c(F)c2)nc1)C(C)(C)C=O)c1ccc(C#N)c(C(F)(F)F)c1F. The molecule has 63 heavy (non-hydrogen) atoms. The molecular weight excluding hydrogens is 858 g/mol. The number of alkyl halides is 3. The molecule has 15 nitrogen and oxygen atoms in total. The maximum absolute atomic E-state index is 15.3. The fourth-order valence-corrected chi connectivity index (χ4v) is 7.25. The van der Waals surface area contributed by atoms with E-state index in [4.69, 9.17) is 27.0 Å². The van der Waals surface area contributed by atoms with Crippen LogP contribution in [0.1, 0.15) is 58.5 Å². The molecule has 1 atom stereocenters. The zero-order chi connectivity index (χ0) is 46.0. The molecule has 1 unspecified atom stereocenters. The number of aromatic nitrogens is 1. The van der Waals surface area contributed by atoms with E-state index in [9.17, 15) is 41.9 Å². The summed E-state index contributed by atoms with van der Waals surface area (Å²) in [5, 5.41) is 13.5. The molecular formula is C42H34F5N7O8S. The lowest BCUT2D eigenvalue weighted by molar-refractivity contribution is -0.140. The van der Waals surface area contributed by atoms with E-state index in [2.05, 4.69) is 15.6 Å². The zero-order valence-corrected chi connectivity index (χ0v) is 34.2. The number of anilines is 2. The van der Waals surface area contributed by atoms with E-state index < -0.39 is 82.3 Å². The first-order chi connectivity index (χ1) is 29.8. The van der Waals surface area contributed by atoms with Gasteiger partial charge in [0.25, 0.3) is 17.7 Å². The summed E-state index contributed by atoms with van der Waals surface area (Å²) >= 11 is 5.55. The number of rotatable bonds is 13. The molecule has 3 aromatic carbocycles. The largest absolute Gasteiger partial charge is 0.489 e. The van der Waals surface area contributed by atoms with Gasteiger partial charge >= 0.3 is 6.18 Å². The second-order valence-electron chi connectivity index (χ2n) is 14.5. The van der Waals surface area contributed by atoms with Crippen molar-refractivity contribution in [3.05, 3.63) is 101 Å². The Morgan fingerprint density at radius 2 is 1.79 bits per heavy atom. The van der Waals surface area contributed by atoms with Crippen molar-refractivity contribution >= 4 is 64.5 Å². The van der Waals surface area contributed by atoms with Crippen LogP contribution in [0.2, 0.25) is 0 Å². The molecule has 6 rings (SSSR count). The molecule has 21 heteroatoms. The maximum atomic E-state index is 15.3. The van der Waals surface area contributed by atoms with E-state index in [1.165, 1.54) is 80.5 Å². The molecule has 0 saturated carbocycles. The molecule has 0 bridgehead atoms. The maximum Gasteiger partial charge on any atom is 0.420 e. The number of ether oxygens (including phenoxy) is 2. The van der Waals surface area contributed by atoms with Crippen molar-refractivity contribution in [2.24, 2.45) is 0 Å². The van der Waals surface area contributed by atoms with Gasteiger partial charge in [0, 0.05) is 19.0 Å². The van der Waals surface area contributed by atoms with E-state index >= 15 is 8.78 Å². The standard InChI is InChI=1S/C42H34F5N7O8S/c1-41(2,21-55)54(40(63)52(3)28-11-7-23(18-48)35(36(28)44)42(45,46)47)24-9-10-27(50-19-24)22-8-13-30(26(43)17-22)61-16-15-49-33(57)20-62-31-6-4-5-25-34(31)39(60)53(38(25)59)29-12-14-32(56)51-37(29)58/h4-11,13,17,19,21,29H,12,14-16,20H2,1-3H3,(H,49,57)(H,51,56,58). The van der Waals surface area contributed by atoms with Gasteiger partial charge in [-0.1, -0.05) is 6.07 Å². The second-order valence-corrected chi connectivity index (χ2v) is 14.9. The van der Waals surface area contributed by atoms with Gasteiger partial charge in [0.15, 0.2) is 29.1 Å². The number of pyridine rings is 1. The summed E-state index contributed by atoms with van der Waals surface area (Å²) in [5.74, 6) is -6.23. The van der Waals surface area contributed by atoms with Crippen molar-refractivity contribution in [2.45, 2.75) is 44.4 Å². The van der Waals surface area contributed by atoms with E-state index in [1.807, 2.05) is 0 Å². The number of carbonyl (C=O) groups excluding carboxylic acids is 6. The molecule has 1 aromatic heterocycles. The number of thiocarbonyl (C=S) groups is 1. The van der Waals surface area contributed by atoms with Crippen molar-refractivity contribution in [3.8, 4) is 28.8 Å². The lowest BCUT2D eigenvalue weighted by Crippen LogP contribution is -2.54. The van der Waals surface area contributed by atoms with Gasteiger partial charge in [0.2, 0.25) is 11.8 Å². The van der Waals surface area contributed by atoms with Crippen molar-refractivity contribution < 1.29 is 60.2 Å². The van der Waals surface area contributed by atoms with Gasteiger partial charge in [-0.05, 0) is 87.1 Å². The van der Waals surface area contributed by atoms with E-state index in [0.717, 1.165) is 28.0 Å². The number of aldehydes is 1. The van der Waals surface area contributed by atoms with Crippen molar-refractivity contribution in [2.75, 3.05) is 36.6 Å². The number of imide groups is 2. The van der Waals surface area contributed by atoms with Crippen LogP contribution in [0, 0.1) is 23.0 Å². The molecule has 2 N–H and O–H groups in total. The third-order valence-electron chi connectivity index (χ3n) is 9.93. The van der Waals surface area contributed by atoms with Crippen LogP contribution in [0.5, 0.6) is 11.5 Å². The highest BCUT2D eigenvalue weighted by Crippen LogP contribution is 2.39. The predicted molar refractivity (Wildman–Crippen MR) is 216 cm³/mol. The number of nitrogens with zero attached hydrogens (tertiary/aromatic N) is 5. The Hall–Kier alpha value is -7.34. The van der Waals surface area contributed by atoms with Crippen molar-refractivity contribution in [1.29, 1.82) is 5.26 Å². The summed E-state index contributed by atoms with van der Waals surface area (Å²) < 4.78 is 82.7. The summed E-state index contributed by atoms with van der Waals surface area (Å²) in [7, 11) is 1.20. The number of fused-ring (bicyclic) bond motifs is 1. The number of benzene rings is 3. The predicted octanol–water partition coefficient (Wildman–Crippen LogP) is 5.10. The van der Waals surface area contributed by atoms with Gasteiger partial charge in [0.1, 0.15) is 30.2 Å². The highest BCUT2D eigenvalue weighted by Gasteiger charge is 2.46. The van der Waals surface area contributed by atoms with Crippen LogP contribution in [-0.2, 0) is 25.4 Å². The Morgan fingerprint density at radius 3 is 2.43 bits per heavy atom. The molecule has 0 radical (unpaired) electrons. The molecule has 0 aliphatic carbocycles. The molecule has 2 aliphatic rings. The second kappa shape index (κ2) is 17.9. The summed E-state index contributed by atoms with van der Waals surface area (Å²) in [4.78, 5) is 82.3. The Kier molecular flexibility index (Phi) is 12.9. The lowest BCUT2D eigenvalue weighted by Gasteiger charge is -2.39. The van der Waals surface area contributed by atoms with Crippen LogP contribution < -0.4 is 29.9 Å².